The molecule has 1 heterocycles. The van der Waals surface area contributed by atoms with Crippen LogP contribution >= 0.6 is 0 Å². The van der Waals surface area contributed by atoms with Crippen molar-refractivity contribution in [3.63, 3.8) is 0 Å². The second-order valence-corrected chi connectivity index (χ2v) is 4.72. The van der Waals surface area contributed by atoms with E-state index in [-0.39, 0.29) is 5.91 Å². The van der Waals surface area contributed by atoms with Crippen molar-refractivity contribution in [2.75, 3.05) is 5.32 Å². The van der Waals surface area contributed by atoms with E-state index in [0.717, 1.165) is 16.6 Å². The number of nitrogens with zero attached hydrogens (tertiary/aromatic N) is 2. The molecule has 4 heteroatoms. The van der Waals surface area contributed by atoms with Crippen LogP contribution in [0.3, 0.4) is 0 Å². The van der Waals surface area contributed by atoms with Gasteiger partial charge in [0.15, 0.2) is 0 Å². The molecule has 1 aromatic heterocycles. The summed E-state index contributed by atoms with van der Waals surface area (Å²) in [6.07, 6.45) is 2.50. The number of amides is 1. The average molecular weight is 231 g/mol. The Morgan fingerprint density at radius 2 is 2.24 bits per heavy atom. The number of hydrogen-bond acceptors (Lipinski definition) is 2. The molecule has 0 spiro atoms. The zero-order valence-corrected chi connectivity index (χ0v) is 10.4. The number of benzene rings is 1. The summed E-state index contributed by atoms with van der Waals surface area (Å²) >= 11 is 0. The molecule has 0 aliphatic rings. The molecule has 1 N–H and O–H groups in total. The van der Waals surface area contributed by atoms with Gasteiger partial charge in [0.2, 0.25) is 5.91 Å². The van der Waals surface area contributed by atoms with Gasteiger partial charge < -0.3 is 5.32 Å². The third kappa shape index (κ3) is 2.84. The zero-order chi connectivity index (χ0) is 12.4. The zero-order valence-electron chi connectivity index (χ0n) is 10.4. The van der Waals surface area contributed by atoms with E-state index in [1.54, 1.807) is 4.68 Å². The van der Waals surface area contributed by atoms with E-state index in [1.807, 2.05) is 45.3 Å². The topological polar surface area (TPSA) is 46.9 Å². The first-order valence-corrected chi connectivity index (χ1v) is 5.78. The number of carbonyl (C=O) groups excluding carboxylic acids is 1. The molecule has 2 rings (SSSR count). The van der Waals surface area contributed by atoms with Gasteiger partial charge in [0.25, 0.3) is 0 Å². The van der Waals surface area contributed by atoms with Crippen molar-refractivity contribution >= 4 is 22.5 Å². The molecule has 0 bridgehead atoms. The molecule has 0 aliphatic carbocycles. The molecule has 0 saturated carbocycles. The molecule has 90 valence electrons. The van der Waals surface area contributed by atoms with Crippen molar-refractivity contribution in [2.24, 2.45) is 13.0 Å². The average Bonchev–Trinajstić information content (AvgIpc) is 2.55. The lowest BCUT2D eigenvalue weighted by Crippen LogP contribution is -2.13. The second kappa shape index (κ2) is 4.57. The maximum atomic E-state index is 11.6. The van der Waals surface area contributed by atoms with Crippen LogP contribution in [0.2, 0.25) is 0 Å². The van der Waals surface area contributed by atoms with Gasteiger partial charge in [-0.1, -0.05) is 13.8 Å². The maximum absolute atomic E-state index is 11.6. The van der Waals surface area contributed by atoms with Gasteiger partial charge >= 0.3 is 0 Å². The molecule has 0 atom stereocenters. The first-order valence-electron chi connectivity index (χ1n) is 5.78. The fraction of sp³-hybridized carbons (Fsp3) is 0.385. The molecular formula is C13H17N3O. The number of nitrogens with one attached hydrogen (secondary N) is 1. The molecule has 1 aromatic carbocycles. The van der Waals surface area contributed by atoms with Crippen molar-refractivity contribution in [1.29, 1.82) is 0 Å². The Bertz CT molecular complexity index is 543. The summed E-state index contributed by atoms with van der Waals surface area (Å²) < 4.78 is 1.77. The lowest BCUT2D eigenvalue weighted by molar-refractivity contribution is -0.116. The van der Waals surface area contributed by atoms with Gasteiger partial charge in [0.05, 0.1) is 5.52 Å². The van der Waals surface area contributed by atoms with Crippen molar-refractivity contribution < 1.29 is 4.79 Å². The SMILES string of the molecule is CC(C)CC(=O)Nc1ccc2cn(C)nc2c1. The smallest absolute Gasteiger partial charge is 0.224 e. The highest BCUT2D eigenvalue weighted by Gasteiger charge is 2.06. The van der Waals surface area contributed by atoms with Gasteiger partial charge in [0.1, 0.15) is 0 Å². The predicted molar refractivity (Wildman–Crippen MR) is 68.8 cm³/mol. The Hall–Kier alpha value is -1.84. The summed E-state index contributed by atoms with van der Waals surface area (Å²) in [5, 5.41) is 8.27. The third-order valence-corrected chi connectivity index (χ3v) is 2.50. The fourth-order valence-electron chi connectivity index (χ4n) is 1.80. The van der Waals surface area contributed by atoms with E-state index < -0.39 is 0 Å². The Kier molecular flexibility index (Phi) is 3.13. The predicted octanol–water partition coefficient (Wildman–Crippen LogP) is 2.56. The fourth-order valence-corrected chi connectivity index (χ4v) is 1.80. The highest BCUT2D eigenvalue weighted by atomic mass is 16.1. The van der Waals surface area contributed by atoms with Crippen LogP contribution in [-0.2, 0) is 11.8 Å². The van der Waals surface area contributed by atoms with Crippen LogP contribution in [0.1, 0.15) is 20.3 Å². The summed E-state index contributed by atoms with van der Waals surface area (Å²) in [6, 6.07) is 5.77. The second-order valence-electron chi connectivity index (χ2n) is 4.72. The number of fused-ring (bicyclic) bond motifs is 1. The number of hydrogen-bond donors (Lipinski definition) is 1. The highest BCUT2D eigenvalue weighted by Crippen LogP contribution is 2.17. The number of rotatable bonds is 3. The van der Waals surface area contributed by atoms with Crippen LogP contribution in [0, 0.1) is 5.92 Å². The van der Waals surface area contributed by atoms with Gasteiger partial charge in [-0.05, 0) is 24.1 Å². The Morgan fingerprint density at radius 1 is 1.47 bits per heavy atom. The van der Waals surface area contributed by atoms with E-state index in [2.05, 4.69) is 10.4 Å². The first kappa shape index (κ1) is 11.6. The van der Waals surface area contributed by atoms with Gasteiger partial charge in [0, 0.05) is 30.7 Å². The highest BCUT2D eigenvalue weighted by molar-refractivity contribution is 5.93. The van der Waals surface area contributed by atoms with Crippen LogP contribution in [0.5, 0.6) is 0 Å². The summed E-state index contributed by atoms with van der Waals surface area (Å²) in [6.45, 7) is 4.06. The van der Waals surface area contributed by atoms with Gasteiger partial charge in [-0.25, -0.2) is 0 Å². The Morgan fingerprint density at radius 3 is 2.94 bits per heavy atom. The molecule has 4 nitrogen and oxygen atoms in total. The minimum atomic E-state index is 0.0512. The lowest BCUT2D eigenvalue weighted by atomic mass is 10.1. The van der Waals surface area contributed by atoms with E-state index >= 15 is 0 Å². The molecule has 17 heavy (non-hydrogen) atoms. The minimum Gasteiger partial charge on any atom is -0.326 e. The molecule has 0 fully saturated rings. The number of aryl methyl sites for hydroxylation is 1. The van der Waals surface area contributed by atoms with Crippen LogP contribution in [0.25, 0.3) is 10.9 Å². The molecule has 1 amide bonds. The van der Waals surface area contributed by atoms with E-state index in [9.17, 15) is 4.79 Å². The minimum absolute atomic E-state index is 0.0512. The van der Waals surface area contributed by atoms with Crippen LogP contribution < -0.4 is 5.32 Å². The summed E-state index contributed by atoms with van der Waals surface area (Å²) in [5.41, 5.74) is 1.71. The van der Waals surface area contributed by atoms with Crippen molar-refractivity contribution in [3.05, 3.63) is 24.4 Å². The number of aromatic nitrogens is 2. The van der Waals surface area contributed by atoms with E-state index in [4.69, 9.17) is 0 Å². The Balaban J connectivity index is 2.16. The van der Waals surface area contributed by atoms with Gasteiger partial charge in [-0.2, -0.15) is 5.10 Å². The van der Waals surface area contributed by atoms with E-state index in [1.165, 1.54) is 0 Å². The van der Waals surface area contributed by atoms with Crippen molar-refractivity contribution in [1.82, 2.24) is 9.78 Å². The molecule has 0 saturated heterocycles. The number of anilines is 1. The summed E-state index contributed by atoms with van der Waals surface area (Å²) in [5.74, 6) is 0.420. The maximum Gasteiger partial charge on any atom is 0.224 e. The molecular weight excluding hydrogens is 214 g/mol. The van der Waals surface area contributed by atoms with Crippen LogP contribution in [0.4, 0.5) is 5.69 Å². The van der Waals surface area contributed by atoms with Crippen molar-refractivity contribution in [3.8, 4) is 0 Å². The molecule has 0 radical (unpaired) electrons. The summed E-state index contributed by atoms with van der Waals surface area (Å²) in [4.78, 5) is 11.6. The van der Waals surface area contributed by atoms with Crippen molar-refractivity contribution in [2.45, 2.75) is 20.3 Å². The Labute approximate surface area is 101 Å². The lowest BCUT2D eigenvalue weighted by Gasteiger charge is -2.06. The number of carbonyl (C=O) groups is 1. The van der Waals surface area contributed by atoms with Gasteiger partial charge in [-0.15, -0.1) is 0 Å². The van der Waals surface area contributed by atoms with Crippen LogP contribution in [-0.4, -0.2) is 15.7 Å². The standard InChI is InChI=1S/C13H17N3O/c1-9(2)6-13(17)14-11-5-4-10-8-16(3)15-12(10)7-11/h4-5,7-9H,6H2,1-3H3,(H,14,17). The monoisotopic (exact) mass is 231 g/mol. The van der Waals surface area contributed by atoms with Gasteiger partial charge in [-0.3, -0.25) is 9.48 Å². The molecule has 2 aromatic rings. The van der Waals surface area contributed by atoms with E-state index in [0.29, 0.717) is 12.3 Å². The normalized spacial score (nSPS) is 11.1. The summed E-state index contributed by atoms with van der Waals surface area (Å²) in [7, 11) is 1.89. The first-order chi connectivity index (χ1) is 8.04. The molecule has 0 aliphatic heterocycles. The van der Waals surface area contributed by atoms with Crippen LogP contribution in [0.15, 0.2) is 24.4 Å². The third-order valence-electron chi connectivity index (χ3n) is 2.50. The molecule has 0 unspecified atom stereocenters. The quantitative estimate of drug-likeness (QED) is 0.882. The largest absolute Gasteiger partial charge is 0.326 e.